The molecule has 0 radical (unpaired) electrons. The third-order valence-electron chi connectivity index (χ3n) is 4.13. The van der Waals surface area contributed by atoms with Crippen LogP contribution in [-0.4, -0.2) is 25.4 Å². The number of amides is 2. The fraction of sp³-hybridized carbons (Fsp3) is 0.200. The van der Waals surface area contributed by atoms with E-state index in [9.17, 15) is 9.59 Å². The molecule has 0 N–H and O–H groups in total. The maximum atomic E-state index is 12.9. The molecule has 0 bridgehead atoms. The zero-order valence-electron chi connectivity index (χ0n) is 15.0. The fourth-order valence-corrected chi connectivity index (χ4v) is 3.54. The van der Waals surface area contributed by atoms with E-state index in [-0.39, 0.29) is 11.1 Å². The molecule has 1 saturated heterocycles. The summed E-state index contributed by atoms with van der Waals surface area (Å²) in [7, 11) is 3.12. The van der Waals surface area contributed by atoms with Crippen LogP contribution in [0.5, 0.6) is 11.5 Å². The highest BCUT2D eigenvalue weighted by molar-refractivity contribution is 8.19. The summed E-state index contributed by atoms with van der Waals surface area (Å²) in [5.41, 5.74) is 3.20. The van der Waals surface area contributed by atoms with E-state index in [4.69, 9.17) is 9.47 Å². The molecule has 1 aliphatic heterocycles. The number of hydrogen-bond acceptors (Lipinski definition) is 5. The van der Waals surface area contributed by atoms with Gasteiger partial charge in [-0.2, -0.15) is 0 Å². The van der Waals surface area contributed by atoms with Crippen molar-refractivity contribution in [2.75, 3.05) is 19.1 Å². The molecule has 2 amide bonds. The highest BCUT2D eigenvalue weighted by atomic mass is 32.2. The van der Waals surface area contributed by atoms with Crippen LogP contribution in [0.4, 0.5) is 10.5 Å². The van der Waals surface area contributed by atoms with E-state index >= 15 is 0 Å². The van der Waals surface area contributed by atoms with Crippen LogP contribution in [0.2, 0.25) is 0 Å². The molecular formula is C20H19NO4S. The molecule has 2 aromatic rings. The Labute approximate surface area is 156 Å². The third-order valence-corrected chi connectivity index (χ3v) is 5.00. The van der Waals surface area contributed by atoms with Gasteiger partial charge in [-0.15, -0.1) is 0 Å². The fourth-order valence-electron chi connectivity index (χ4n) is 2.71. The number of benzene rings is 2. The number of thioether (sulfide) groups is 1. The summed E-state index contributed by atoms with van der Waals surface area (Å²) >= 11 is 0.927. The first-order valence-corrected chi connectivity index (χ1v) is 8.83. The molecule has 26 heavy (non-hydrogen) atoms. The zero-order chi connectivity index (χ0) is 18.8. The molecule has 6 heteroatoms. The summed E-state index contributed by atoms with van der Waals surface area (Å²) in [5, 5.41) is -0.303. The summed E-state index contributed by atoms with van der Waals surface area (Å²) in [5.74, 6) is 0.900. The van der Waals surface area contributed by atoms with Gasteiger partial charge < -0.3 is 9.47 Å². The number of hydrogen-bond donors (Lipinski definition) is 0. The van der Waals surface area contributed by atoms with E-state index in [0.29, 0.717) is 27.7 Å². The van der Waals surface area contributed by atoms with Crippen molar-refractivity contribution in [3.8, 4) is 11.5 Å². The van der Waals surface area contributed by atoms with Crippen LogP contribution in [0.1, 0.15) is 16.7 Å². The van der Waals surface area contributed by atoms with Crippen molar-refractivity contribution in [3.05, 3.63) is 58.0 Å². The molecular weight excluding hydrogens is 350 g/mol. The van der Waals surface area contributed by atoms with Gasteiger partial charge in [0.05, 0.1) is 24.8 Å². The Kier molecular flexibility index (Phi) is 5.04. The second-order valence-electron chi connectivity index (χ2n) is 5.91. The standard InChI is InChI=1S/C20H19NO4S/c1-12-5-6-13(2)16(9-12)21-19(22)18(26-20(21)23)10-14-7-8-15(24-3)11-17(14)25-4/h5-11H,1-4H3/b18-10-. The minimum Gasteiger partial charge on any atom is -0.497 e. The predicted molar refractivity (Wildman–Crippen MR) is 104 cm³/mol. The summed E-state index contributed by atoms with van der Waals surface area (Å²) in [6.45, 7) is 3.81. The average molecular weight is 369 g/mol. The second-order valence-corrected chi connectivity index (χ2v) is 6.91. The van der Waals surface area contributed by atoms with E-state index in [0.717, 1.165) is 22.9 Å². The van der Waals surface area contributed by atoms with Crippen molar-refractivity contribution in [2.24, 2.45) is 0 Å². The molecule has 1 aliphatic rings. The average Bonchev–Trinajstić information content (AvgIpc) is 2.91. The molecule has 0 aromatic heterocycles. The van der Waals surface area contributed by atoms with Crippen LogP contribution in [0, 0.1) is 13.8 Å². The van der Waals surface area contributed by atoms with Gasteiger partial charge in [0.15, 0.2) is 0 Å². The lowest BCUT2D eigenvalue weighted by Gasteiger charge is -2.16. The first-order chi connectivity index (χ1) is 12.4. The Morgan fingerprint density at radius 2 is 1.77 bits per heavy atom. The monoisotopic (exact) mass is 369 g/mol. The number of anilines is 1. The molecule has 1 fully saturated rings. The predicted octanol–water partition coefficient (Wildman–Crippen LogP) is 4.56. The topological polar surface area (TPSA) is 55.8 Å². The van der Waals surface area contributed by atoms with Gasteiger partial charge in [0.1, 0.15) is 11.5 Å². The van der Waals surface area contributed by atoms with Gasteiger partial charge in [-0.05, 0) is 61.0 Å². The van der Waals surface area contributed by atoms with Crippen molar-refractivity contribution in [1.82, 2.24) is 0 Å². The molecule has 0 atom stereocenters. The van der Waals surface area contributed by atoms with Crippen molar-refractivity contribution in [1.29, 1.82) is 0 Å². The molecule has 3 rings (SSSR count). The molecule has 0 spiro atoms. The quantitative estimate of drug-likeness (QED) is 0.740. The van der Waals surface area contributed by atoms with Crippen LogP contribution >= 0.6 is 11.8 Å². The van der Waals surface area contributed by atoms with Gasteiger partial charge in [0.2, 0.25) is 0 Å². The Morgan fingerprint density at radius 1 is 1.00 bits per heavy atom. The molecule has 0 aliphatic carbocycles. The maximum absolute atomic E-state index is 12.9. The first kappa shape index (κ1) is 18.1. The Hall–Kier alpha value is -2.73. The largest absolute Gasteiger partial charge is 0.497 e. The van der Waals surface area contributed by atoms with E-state index < -0.39 is 0 Å². The lowest BCUT2D eigenvalue weighted by atomic mass is 10.1. The minimum atomic E-state index is -0.327. The first-order valence-electron chi connectivity index (χ1n) is 8.02. The number of nitrogens with zero attached hydrogens (tertiary/aromatic N) is 1. The van der Waals surface area contributed by atoms with Crippen LogP contribution < -0.4 is 14.4 Å². The molecule has 5 nitrogen and oxygen atoms in total. The number of ether oxygens (including phenoxy) is 2. The van der Waals surface area contributed by atoms with Crippen LogP contribution in [0.25, 0.3) is 6.08 Å². The van der Waals surface area contributed by atoms with E-state index in [2.05, 4.69) is 0 Å². The SMILES string of the molecule is COc1ccc(/C=C2\SC(=O)N(c3cc(C)ccc3C)C2=O)c(OC)c1. The number of aryl methyl sites for hydroxylation is 2. The van der Waals surface area contributed by atoms with E-state index in [1.54, 1.807) is 38.5 Å². The third kappa shape index (κ3) is 3.32. The summed E-state index contributed by atoms with van der Waals surface area (Å²) in [6.07, 6.45) is 1.67. The van der Waals surface area contributed by atoms with Crippen molar-refractivity contribution >= 4 is 34.7 Å². The second kappa shape index (κ2) is 7.25. The van der Waals surface area contributed by atoms with Crippen LogP contribution in [0.15, 0.2) is 41.3 Å². The Morgan fingerprint density at radius 3 is 2.46 bits per heavy atom. The molecule has 0 saturated carbocycles. The highest BCUT2D eigenvalue weighted by Gasteiger charge is 2.37. The van der Waals surface area contributed by atoms with Crippen molar-refractivity contribution in [2.45, 2.75) is 13.8 Å². The van der Waals surface area contributed by atoms with Crippen LogP contribution in [0.3, 0.4) is 0 Å². The van der Waals surface area contributed by atoms with Gasteiger partial charge in [0, 0.05) is 11.6 Å². The smallest absolute Gasteiger partial charge is 0.298 e. The summed E-state index contributed by atoms with van der Waals surface area (Å²) in [4.78, 5) is 26.9. The Bertz CT molecular complexity index is 920. The zero-order valence-corrected chi connectivity index (χ0v) is 15.8. The number of imide groups is 1. The highest BCUT2D eigenvalue weighted by Crippen LogP contribution is 2.38. The molecule has 0 unspecified atom stereocenters. The Balaban J connectivity index is 1.99. The summed E-state index contributed by atoms with van der Waals surface area (Å²) in [6, 6.07) is 11.0. The van der Waals surface area contributed by atoms with Crippen molar-refractivity contribution < 1.29 is 19.1 Å². The number of carbonyl (C=O) groups excluding carboxylic acids is 2. The van der Waals surface area contributed by atoms with Gasteiger partial charge in [-0.1, -0.05) is 12.1 Å². The lowest BCUT2D eigenvalue weighted by molar-refractivity contribution is -0.113. The number of methoxy groups -OCH3 is 2. The van der Waals surface area contributed by atoms with E-state index in [1.165, 1.54) is 4.90 Å². The number of rotatable bonds is 4. The maximum Gasteiger partial charge on any atom is 0.298 e. The van der Waals surface area contributed by atoms with Gasteiger partial charge in [0.25, 0.3) is 11.1 Å². The van der Waals surface area contributed by atoms with Gasteiger partial charge >= 0.3 is 0 Å². The summed E-state index contributed by atoms with van der Waals surface area (Å²) < 4.78 is 10.5. The lowest BCUT2D eigenvalue weighted by Crippen LogP contribution is -2.28. The van der Waals surface area contributed by atoms with Crippen molar-refractivity contribution in [3.63, 3.8) is 0 Å². The molecule has 134 valence electrons. The molecule has 2 aromatic carbocycles. The number of carbonyl (C=O) groups is 2. The minimum absolute atomic E-state index is 0.303. The molecule has 1 heterocycles. The van der Waals surface area contributed by atoms with Crippen LogP contribution in [-0.2, 0) is 4.79 Å². The van der Waals surface area contributed by atoms with E-state index in [1.807, 2.05) is 32.0 Å². The normalized spacial score (nSPS) is 15.7. The van der Waals surface area contributed by atoms with Gasteiger partial charge in [-0.25, -0.2) is 4.90 Å². The van der Waals surface area contributed by atoms with Gasteiger partial charge in [-0.3, -0.25) is 9.59 Å².